The highest BCUT2D eigenvalue weighted by atomic mass is 35.5. The summed E-state index contributed by atoms with van der Waals surface area (Å²) >= 11 is 6.17. The molecule has 2 heterocycles. The highest BCUT2D eigenvalue weighted by molar-refractivity contribution is 6.21. The molecule has 1 saturated heterocycles. The molecule has 0 saturated carbocycles. The van der Waals surface area contributed by atoms with Crippen LogP contribution in [0.5, 0.6) is 0 Å². The summed E-state index contributed by atoms with van der Waals surface area (Å²) in [4.78, 5) is 3.94. The SMILES string of the molecule is OCC1NNC(c2ccncc2)C1Cl. The third-order valence-electron chi connectivity index (χ3n) is 2.39. The lowest BCUT2D eigenvalue weighted by atomic mass is 10.0. The molecule has 0 spiro atoms. The van der Waals surface area contributed by atoms with Gasteiger partial charge in [-0.2, -0.15) is 0 Å². The van der Waals surface area contributed by atoms with Gasteiger partial charge in [0, 0.05) is 12.4 Å². The lowest BCUT2D eigenvalue weighted by Gasteiger charge is -2.14. The minimum absolute atomic E-state index is 0.0248. The Hall–Kier alpha value is -0.680. The molecule has 76 valence electrons. The number of rotatable bonds is 2. The molecule has 1 fully saturated rings. The molecular formula is C9H12ClN3O. The normalized spacial score (nSPS) is 32.0. The van der Waals surface area contributed by atoms with Crippen LogP contribution in [0.2, 0.25) is 0 Å². The first kappa shape index (κ1) is 9.86. The Morgan fingerprint density at radius 1 is 1.36 bits per heavy atom. The standard InChI is InChI=1S/C9H12ClN3O/c10-8-7(5-14)12-13-9(8)6-1-3-11-4-2-6/h1-4,7-9,12-14H,5H2. The predicted octanol–water partition coefficient (Wildman–Crippen LogP) is 0.199. The molecule has 0 aromatic carbocycles. The molecule has 0 bridgehead atoms. The molecule has 3 atom stereocenters. The highest BCUT2D eigenvalue weighted by Crippen LogP contribution is 2.26. The number of aromatic nitrogens is 1. The summed E-state index contributed by atoms with van der Waals surface area (Å²) in [6, 6.07) is 3.75. The van der Waals surface area contributed by atoms with Gasteiger partial charge >= 0.3 is 0 Å². The first-order valence-electron chi connectivity index (χ1n) is 4.49. The number of hydrazine groups is 1. The second-order valence-corrected chi connectivity index (χ2v) is 3.78. The predicted molar refractivity (Wildman–Crippen MR) is 53.8 cm³/mol. The van der Waals surface area contributed by atoms with Gasteiger partial charge in [0.05, 0.1) is 24.1 Å². The Bertz CT molecular complexity index is 295. The maximum absolute atomic E-state index is 9.00. The molecule has 1 aromatic rings. The van der Waals surface area contributed by atoms with Crippen molar-refractivity contribution in [1.29, 1.82) is 0 Å². The molecule has 1 aromatic heterocycles. The Morgan fingerprint density at radius 2 is 2.07 bits per heavy atom. The van der Waals surface area contributed by atoms with E-state index in [0.29, 0.717) is 0 Å². The van der Waals surface area contributed by atoms with Crippen LogP contribution in [0, 0.1) is 0 Å². The van der Waals surface area contributed by atoms with Crippen LogP contribution in [0.1, 0.15) is 11.6 Å². The number of nitrogens with zero attached hydrogens (tertiary/aromatic N) is 1. The average molecular weight is 214 g/mol. The first-order valence-corrected chi connectivity index (χ1v) is 4.92. The van der Waals surface area contributed by atoms with Crippen LogP contribution in [0.15, 0.2) is 24.5 Å². The summed E-state index contributed by atoms with van der Waals surface area (Å²) in [7, 11) is 0. The third kappa shape index (κ3) is 1.74. The van der Waals surface area contributed by atoms with Crippen molar-refractivity contribution in [2.24, 2.45) is 0 Å². The average Bonchev–Trinajstić information content (AvgIpc) is 2.61. The third-order valence-corrected chi connectivity index (χ3v) is 2.95. The molecule has 1 aliphatic heterocycles. The van der Waals surface area contributed by atoms with Gasteiger partial charge in [-0.25, -0.2) is 5.43 Å². The summed E-state index contributed by atoms with van der Waals surface area (Å²) in [5.74, 6) is 0. The fourth-order valence-electron chi connectivity index (χ4n) is 1.57. The second-order valence-electron chi connectivity index (χ2n) is 3.28. The van der Waals surface area contributed by atoms with E-state index in [4.69, 9.17) is 16.7 Å². The van der Waals surface area contributed by atoms with E-state index in [-0.39, 0.29) is 24.1 Å². The van der Waals surface area contributed by atoms with E-state index in [1.54, 1.807) is 12.4 Å². The van der Waals surface area contributed by atoms with E-state index in [1.165, 1.54) is 0 Å². The van der Waals surface area contributed by atoms with Crippen LogP contribution < -0.4 is 10.9 Å². The van der Waals surface area contributed by atoms with Crippen molar-refractivity contribution in [3.05, 3.63) is 30.1 Å². The van der Waals surface area contributed by atoms with E-state index in [2.05, 4.69) is 15.8 Å². The number of hydrogen-bond acceptors (Lipinski definition) is 4. The number of halogens is 1. The van der Waals surface area contributed by atoms with Gasteiger partial charge in [-0.15, -0.1) is 11.6 Å². The van der Waals surface area contributed by atoms with Crippen LogP contribution in [0.3, 0.4) is 0 Å². The number of hydrogen-bond donors (Lipinski definition) is 3. The lowest BCUT2D eigenvalue weighted by molar-refractivity contribution is 0.252. The zero-order valence-corrected chi connectivity index (χ0v) is 8.28. The van der Waals surface area contributed by atoms with Crippen molar-refractivity contribution in [1.82, 2.24) is 15.8 Å². The Kier molecular flexibility index (Phi) is 2.98. The molecule has 3 unspecified atom stereocenters. The maximum atomic E-state index is 9.00. The molecule has 2 rings (SSSR count). The summed E-state index contributed by atoms with van der Waals surface area (Å²) in [6.45, 7) is 0.0305. The monoisotopic (exact) mass is 213 g/mol. The van der Waals surface area contributed by atoms with Gasteiger partial charge in [0.1, 0.15) is 0 Å². The second kappa shape index (κ2) is 4.23. The van der Waals surface area contributed by atoms with Crippen LogP contribution in [0.4, 0.5) is 0 Å². The molecule has 5 heteroatoms. The van der Waals surface area contributed by atoms with Crippen molar-refractivity contribution >= 4 is 11.6 Å². The maximum Gasteiger partial charge on any atom is 0.0732 e. The van der Waals surface area contributed by atoms with E-state index >= 15 is 0 Å². The molecule has 0 aliphatic carbocycles. The number of aliphatic hydroxyl groups is 1. The number of nitrogens with one attached hydrogen (secondary N) is 2. The van der Waals surface area contributed by atoms with Crippen LogP contribution in [0.25, 0.3) is 0 Å². The highest BCUT2D eigenvalue weighted by Gasteiger charge is 2.34. The summed E-state index contributed by atoms with van der Waals surface area (Å²) in [5.41, 5.74) is 7.08. The zero-order chi connectivity index (χ0) is 9.97. The van der Waals surface area contributed by atoms with Crippen LogP contribution in [-0.2, 0) is 0 Å². The van der Waals surface area contributed by atoms with Gasteiger partial charge in [0.15, 0.2) is 0 Å². The van der Waals surface area contributed by atoms with Gasteiger partial charge in [0.2, 0.25) is 0 Å². The van der Waals surface area contributed by atoms with E-state index < -0.39 is 0 Å². The molecule has 3 N–H and O–H groups in total. The van der Waals surface area contributed by atoms with Crippen molar-refractivity contribution < 1.29 is 5.11 Å². The molecule has 4 nitrogen and oxygen atoms in total. The Labute approximate surface area is 87.3 Å². The van der Waals surface area contributed by atoms with E-state index in [9.17, 15) is 0 Å². The van der Waals surface area contributed by atoms with Crippen molar-refractivity contribution in [3.63, 3.8) is 0 Å². The van der Waals surface area contributed by atoms with Crippen molar-refractivity contribution in [2.45, 2.75) is 17.5 Å². The van der Waals surface area contributed by atoms with Gasteiger partial charge in [-0.05, 0) is 17.7 Å². The summed E-state index contributed by atoms with van der Waals surface area (Å²) in [5, 5.41) is 8.85. The minimum atomic E-state index is -0.151. The first-order chi connectivity index (χ1) is 6.83. The Morgan fingerprint density at radius 3 is 2.64 bits per heavy atom. The Balaban J connectivity index is 2.14. The number of aliphatic hydroxyl groups excluding tert-OH is 1. The number of pyridine rings is 1. The summed E-state index contributed by atoms with van der Waals surface area (Å²) in [6.07, 6.45) is 3.46. The quantitative estimate of drug-likeness (QED) is 0.615. The number of alkyl halides is 1. The molecular weight excluding hydrogens is 202 g/mol. The zero-order valence-electron chi connectivity index (χ0n) is 7.52. The van der Waals surface area contributed by atoms with Gasteiger partial charge in [-0.3, -0.25) is 10.4 Å². The van der Waals surface area contributed by atoms with Crippen molar-refractivity contribution in [3.8, 4) is 0 Å². The topological polar surface area (TPSA) is 57.2 Å². The largest absolute Gasteiger partial charge is 0.395 e. The van der Waals surface area contributed by atoms with Crippen LogP contribution in [-0.4, -0.2) is 28.1 Å². The van der Waals surface area contributed by atoms with Gasteiger partial charge < -0.3 is 5.11 Å². The minimum Gasteiger partial charge on any atom is -0.395 e. The van der Waals surface area contributed by atoms with E-state index in [1.807, 2.05) is 12.1 Å². The van der Waals surface area contributed by atoms with Gasteiger partial charge in [0.25, 0.3) is 0 Å². The summed E-state index contributed by atoms with van der Waals surface area (Å²) < 4.78 is 0. The lowest BCUT2D eigenvalue weighted by Crippen LogP contribution is -2.34. The fourth-order valence-corrected chi connectivity index (χ4v) is 1.92. The van der Waals surface area contributed by atoms with E-state index in [0.717, 1.165) is 5.56 Å². The van der Waals surface area contributed by atoms with Crippen molar-refractivity contribution in [2.75, 3.05) is 6.61 Å². The molecule has 1 aliphatic rings. The fraction of sp³-hybridized carbons (Fsp3) is 0.444. The van der Waals surface area contributed by atoms with Crippen LogP contribution >= 0.6 is 11.6 Å². The van der Waals surface area contributed by atoms with Gasteiger partial charge in [-0.1, -0.05) is 0 Å². The molecule has 0 radical (unpaired) electrons. The molecule has 0 amide bonds. The molecule has 14 heavy (non-hydrogen) atoms. The smallest absolute Gasteiger partial charge is 0.0732 e.